The van der Waals surface area contributed by atoms with E-state index < -0.39 is 15.7 Å². The molecule has 0 atom stereocenters. The molecule has 0 heterocycles. The first kappa shape index (κ1) is 32.1. The fourth-order valence-electron chi connectivity index (χ4n) is 2.25. The fourth-order valence-corrected chi connectivity index (χ4v) is 3.81. The van der Waals surface area contributed by atoms with E-state index in [9.17, 15) is 0 Å². The van der Waals surface area contributed by atoms with Crippen molar-refractivity contribution in [3.05, 3.63) is 0 Å². The topological polar surface area (TPSA) is 92.3 Å². The molecule has 0 spiro atoms. The van der Waals surface area contributed by atoms with Crippen molar-refractivity contribution in [2.75, 3.05) is 113 Å². The SMILES string of the molecule is COCCOCCOC(CO[SiH2]CCCCl)(OCCOCCOC)OCCOCCOC. The molecule has 0 aliphatic rings. The molecule has 0 unspecified atom stereocenters. The van der Waals surface area contributed by atoms with Gasteiger partial charge in [0.1, 0.15) is 6.61 Å². The third-order valence-corrected chi connectivity index (χ3v) is 5.44. The van der Waals surface area contributed by atoms with Crippen LogP contribution in [-0.4, -0.2) is 129 Å². The number of methoxy groups -OCH3 is 3. The third-order valence-electron chi connectivity index (χ3n) is 3.90. The van der Waals surface area contributed by atoms with E-state index in [0.29, 0.717) is 65.3 Å². The lowest BCUT2D eigenvalue weighted by molar-refractivity contribution is -0.393. The molecule has 0 amide bonds. The Kier molecular flexibility index (Phi) is 25.8. The molecule has 0 fully saturated rings. The quantitative estimate of drug-likeness (QED) is 0.0690. The summed E-state index contributed by atoms with van der Waals surface area (Å²) >= 11 is 5.76. The Bertz CT molecular complexity index is 330. The number of alkyl halides is 1. The van der Waals surface area contributed by atoms with Gasteiger partial charge in [0.25, 0.3) is 0 Å². The summed E-state index contributed by atoms with van der Waals surface area (Å²) in [5.41, 5.74) is 0. The van der Waals surface area contributed by atoms with E-state index in [-0.39, 0.29) is 26.4 Å². The molecule has 0 saturated heterocycles. The van der Waals surface area contributed by atoms with Gasteiger partial charge in [-0.25, -0.2) is 0 Å². The highest BCUT2D eigenvalue weighted by molar-refractivity contribution is 6.27. The maximum Gasteiger partial charge on any atom is 0.306 e. The van der Waals surface area contributed by atoms with Gasteiger partial charge < -0.3 is 47.1 Å². The van der Waals surface area contributed by atoms with Crippen LogP contribution in [0.4, 0.5) is 0 Å². The van der Waals surface area contributed by atoms with Gasteiger partial charge in [-0.3, -0.25) is 0 Å². The molecule has 10 nitrogen and oxygen atoms in total. The first-order valence-corrected chi connectivity index (χ1v) is 13.1. The van der Waals surface area contributed by atoms with Crippen molar-refractivity contribution in [1.82, 2.24) is 0 Å². The van der Waals surface area contributed by atoms with E-state index >= 15 is 0 Å². The Labute approximate surface area is 200 Å². The Balaban J connectivity index is 4.72. The minimum Gasteiger partial charge on any atom is -0.416 e. The standard InChI is InChI=1S/C20H43ClO10Si/c1-22-6-9-25-12-15-28-20(19-31-32-18-4-5-21,29-16-13-26-10-7-23-2)30-17-14-27-11-8-24-3/h4-19,32H2,1-3H3. The second kappa shape index (κ2) is 25.7. The largest absolute Gasteiger partial charge is 0.416 e. The summed E-state index contributed by atoms with van der Waals surface area (Å²) in [6.07, 6.45) is 0.928. The van der Waals surface area contributed by atoms with Crippen LogP contribution in [0.5, 0.6) is 0 Å². The maximum atomic E-state index is 5.97. The summed E-state index contributed by atoms with van der Waals surface area (Å²) < 4.78 is 55.2. The van der Waals surface area contributed by atoms with Crippen LogP contribution in [-0.2, 0) is 47.1 Å². The normalized spacial score (nSPS) is 12.4. The van der Waals surface area contributed by atoms with E-state index in [1.54, 1.807) is 21.3 Å². The van der Waals surface area contributed by atoms with Crippen molar-refractivity contribution in [1.29, 1.82) is 0 Å². The number of rotatable bonds is 27. The third kappa shape index (κ3) is 20.7. The maximum absolute atomic E-state index is 5.97. The molecule has 32 heavy (non-hydrogen) atoms. The van der Waals surface area contributed by atoms with Gasteiger partial charge in [0, 0.05) is 27.2 Å². The molecular weight excluding hydrogens is 464 g/mol. The van der Waals surface area contributed by atoms with Crippen LogP contribution in [0, 0.1) is 0 Å². The molecule has 0 aliphatic heterocycles. The Morgan fingerprint density at radius 3 is 1.38 bits per heavy atom. The molecule has 12 heteroatoms. The van der Waals surface area contributed by atoms with Crippen molar-refractivity contribution in [3.63, 3.8) is 0 Å². The van der Waals surface area contributed by atoms with Crippen LogP contribution >= 0.6 is 11.6 Å². The summed E-state index contributed by atoms with van der Waals surface area (Å²) in [6.45, 7) is 5.08. The zero-order chi connectivity index (χ0) is 23.6. The van der Waals surface area contributed by atoms with Crippen molar-refractivity contribution in [3.8, 4) is 0 Å². The van der Waals surface area contributed by atoms with Gasteiger partial charge in [-0.1, -0.05) is 0 Å². The van der Waals surface area contributed by atoms with Gasteiger partial charge in [0.05, 0.1) is 79.3 Å². The van der Waals surface area contributed by atoms with E-state index in [1.807, 2.05) is 0 Å². The van der Waals surface area contributed by atoms with Crippen LogP contribution in [0.15, 0.2) is 0 Å². The van der Waals surface area contributed by atoms with Crippen LogP contribution < -0.4 is 0 Å². The van der Waals surface area contributed by atoms with Crippen molar-refractivity contribution in [2.45, 2.75) is 18.4 Å². The van der Waals surface area contributed by atoms with Crippen LogP contribution in [0.1, 0.15) is 6.42 Å². The molecule has 194 valence electrons. The van der Waals surface area contributed by atoms with Crippen molar-refractivity contribution in [2.24, 2.45) is 0 Å². The summed E-state index contributed by atoms with van der Waals surface area (Å²) in [4.78, 5) is 0. The molecule has 0 bridgehead atoms. The van der Waals surface area contributed by atoms with Gasteiger partial charge in [-0.15, -0.1) is 11.6 Å². The van der Waals surface area contributed by atoms with Crippen molar-refractivity contribution < 1.29 is 47.1 Å². The zero-order valence-corrected chi connectivity index (χ0v) is 22.2. The summed E-state index contributed by atoms with van der Waals surface area (Å²) in [5, 5.41) is 0. The van der Waals surface area contributed by atoms with E-state index in [1.165, 1.54) is 0 Å². The molecule has 0 aromatic carbocycles. The van der Waals surface area contributed by atoms with Gasteiger partial charge in [-0.2, -0.15) is 0 Å². The zero-order valence-electron chi connectivity index (χ0n) is 20.0. The summed E-state index contributed by atoms with van der Waals surface area (Å²) in [7, 11) is 4.11. The average Bonchev–Trinajstić information content (AvgIpc) is 2.80. The molecule has 0 N–H and O–H groups in total. The number of halogens is 1. The Morgan fingerprint density at radius 2 is 1.00 bits per heavy atom. The van der Waals surface area contributed by atoms with Gasteiger partial charge in [-0.05, 0) is 12.5 Å². The van der Waals surface area contributed by atoms with E-state index in [4.69, 9.17) is 58.7 Å². The number of hydrogen-bond donors (Lipinski definition) is 0. The molecule has 0 aromatic heterocycles. The molecule has 0 aromatic rings. The van der Waals surface area contributed by atoms with Crippen LogP contribution in [0.2, 0.25) is 6.04 Å². The smallest absolute Gasteiger partial charge is 0.306 e. The minimum absolute atomic E-state index is 0.149. The highest BCUT2D eigenvalue weighted by Gasteiger charge is 2.34. The van der Waals surface area contributed by atoms with Gasteiger partial charge in [0.2, 0.25) is 0 Å². The van der Waals surface area contributed by atoms with E-state index in [2.05, 4.69) is 0 Å². The molecule has 0 saturated carbocycles. The Hall–Kier alpha value is 0.107. The second-order valence-electron chi connectivity index (χ2n) is 6.49. The molecule has 0 rings (SSSR count). The lowest BCUT2D eigenvalue weighted by Gasteiger charge is -2.33. The predicted molar refractivity (Wildman–Crippen MR) is 123 cm³/mol. The monoisotopic (exact) mass is 506 g/mol. The number of ether oxygens (including phenoxy) is 9. The van der Waals surface area contributed by atoms with Crippen LogP contribution in [0.25, 0.3) is 0 Å². The molecular formula is C20H43ClO10Si. The van der Waals surface area contributed by atoms with Crippen LogP contribution in [0.3, 0.4) is 0 Å². The summed E-state index contributed by atoms with van der Waals surface area (Å²) in [5.74, 6) is -0.741. The number of hydrogen-bond acceptors (Lipinski definition) is 10. The first-order valence-electron chi connectivity index (χ1n) is 11.0. The Morgan fingerprint density at radius 1 is 0.594 bits per heavy atom. The fraction of sp³-hybridized carbons (Fsp3) is 1.00. The highest BCUT2D eigenvalue weighted by Crippen LogP contribution is 2.17. The van der Waals surface area contributed by atoms with Gasteiger partial charge in [0.15, 0.2) is 9.76 Å². The molecule has 0 radical (unpaired) electrons. The molecule has 0 aliphatic carbocycles. The second-order valence-corrected chi connectivity index (χ2v) is 8.39. The first-order chi connectivity index (χ1) is 15.7. The van der Waals surface area contributed by atoms with E-state index in [0.717, 1.165) is 12.5 Å². The lowest BCUT2D eigenvalue weighted by atomic mass is 10.5. The highest BCUT2D eigenvalue weighted by atomic mass is 35.5. The average molecular weight is 507 g/mol. The lowest BCUT2D eigenvalue weighted by Crippen LogP contribution is -2.46. The summed E-state index contributed by atoms with van der Waals surface area (Å²) in [6, 6.07) is 0.972. The van der Waals surface area contributed by atoms with Crippen molar-refractivity contribution >= 4 is 21.4 Å². The minimum atomic E-state index is -1.37. The van der Waals surface area contributed by atoms with Gasteiger partial charge >= 0.3 is 5.97 Å². The predicted octanol–water partition coefficient (Wildman–Crippen LogP) is 0.827.